The van der Waals surface area contributed by atoms with Crippen molar-refractivity contribution in [3.63, 3.8) is 0 Å². The number of amides is 2. The van der Waals surface area contributed by atoms with Crippen molar-refractivity contribution < 1.29 is 9.59 Å². The Hall–Kier alpha value is -3.21. The molecule has 22 heavy (non-hydrogen) atoms. The molecule has 5 heteroatoms. The minimum Gasteiger partial charge on any atom is -0.268 e. The lowest BCUT2D eigenvalue weighted by Crippen LogP contribution is -2.39. The molecule has 0 saturated heterocycles. The fraction of sp³-hybridized carbons (Fsp3) is 0. The average molecular weight is 293 g/mol. The molecule has 0 bridgehead atoms. The first kappa shape index (κ1) is 15.2. The van der Waals surface area contributed by atoms with Crippen LogP contribution in [0.4, 0.5) is 0 Å². The molecule has 1 aromatic heterocycles. The van der Waals surface area contributed by atoms with Gasteiger partial charge in [0.2, 0.25) is 0 Å². The number of rotatable bonds is 4. The van der Waals surface area contributed by atoms with Crippen molar-refractivity contribution in [1.82, 2.24) is 15.8 Å². The number of carbonyl (C=O) groups excluding carboxylic acids is 2. The second-order valence-electron chi connectivity index (χ2n) is 4.34. The minimum absolute atomic E-state index is 0.410. The van der Waals surface area contributed by atoms with E-state index < -0.39 is 11.8 Å². The van der Waals surface area contributed by atoms with Crippen molar-refractivity contribution in [2.75, 3.05) is 0 Å². The van der Waals surface area contributed by atoms with Crippen molar-refractivity contribution in [1.29, 1.82) is 0 Å². The third kappa shape index (κ3) is 5.42. The molecule has 0 aliphatic carbocycles. The molecule has 0 radical (unpaired) electrons. The summed E-state index contributed by atoms with van der Waals surface area (Å²) in [6, 6.07) is 13.0. The first-order chi connectivity index (χ1) is 10.7. The first-order valence-electron chi connectivity index (χ1n) is 6.65. The topological polar surface area (TPSA) is 71.1 Å². The predicted octanol–water partition coefficient (Wildman–Crippen LogP) is 1.96. The van der Waals surface area contributed by atoms with Crippen molar-refractivity contribution in [3.8, 4) is 0 Å². The third-order valence-electron chi connectivity index (χ3n) is 2.65. The molecular weight excluding hydrogens is 278 g/mol. The van der Waals surface area contributed by atoms with Crippen molar-refractivity contribution >= 4 is 24.0 Å². The van der Waals surface area contributed by atoms with Crippen molar-refractivity contribution in [2.45, 2.75) is 0 Å². The van der Waals surface area contributed by atoms with Gasteiger partial charge in [-0.2, -0.15) is 0 Å². The molecule has 2 N–H and O–H groups in total. The Morgan fingerprint density at radius 3 is 2.00 bits per heavy atom. The smallest absolute Gasteiger partial charge is 0.262 e. The lowest BCUT2D eigenvalue weighted by molar-refractivity contribution is -0.123. The number of aromatic nitrogens is 1. The molecule has 0 unspecified atom stereocenters. The second-order valence-corrected chi connectivity index (χ2v) is 4.34. The van der Waals surface area contributed by atoms with E-state index in [1.54, 1.807) is 30.6 Å². The highest BCUT2D eigenvalue weighted by Crippen LogP contribution is 2.00. The van der Waals surface area contributed by atoms with Gasteiger partial charge in [-0.15, -0.1) is 0 Å². The second kappa shape index (κ2) is 8.16. The fourth-order valence-corrected chi connectivity index (χ4v) is 1.59. The SMILES string of the molecule is O=C(/C=C/c1ccccc1)NNC(=O)/C=C/c1cccnc1. The van der Waals surface area contributed by atoms with Gasteiger partial charge in [0.25, 0.3) is 11.8 Å². The van der Waals surface area contributed by atoms with Gasteiger partial charge >= 0.3 is 0 Å². The Balaban J connectivity index is 1.77. The van der Waals surface area contributed by atoms with Crippen LogP contribution in [0.25, 0.3) is 12.2 Å². The Bertz CT molecular complexity index is 618. The highest BCUT2D eigenvalue weighted by Gasteiger charge is 1.98. The lowest BCUT2D eigenvalue weighted by atomic mass is 10.2. The molecule has 5 nitrogen and oxygen atoms in total. The van der Waals surface area contributed by atoms with Gasteiger partial charge in [-0.1, -0.05) is 36.4 Å². The molecule has 0 fully saturated rings. The van der Waals surface area contributed by atoms with E-state index in [1.807, 2.05) is 36.4 Å². The Morgan fingerprint density at radius 1 is 0.818 bits per heavy atom. The zero-order valence-corrected chi connectivity index (χ0v) is 11.8. The zero-order valence-electron chi connectivity index (χ0n) is 11.8. The van der Waals surface area contributed by atoms with Gasteiger partial charge in [-0.3, -0.25) is 25.4 Å². The number of benzene rings is 1. The Morgan fingerprint density at radius 2 is 1.41 bits per heavy atom. The molecule has 0 aliphatic rings. The van der Waals surface area contributed by atoms with E-state index >= 15 is 0 Å². The van der Waals surface area contributed by atoms with E-state index in [1.165, 1.54) is 12.2 Å². The summed E-state index contributed by atoms with van der Waals surface area (Å²) in [7, 11) is 0. The van der Waals surface area contributed by atoms with E-state index in [9.17, 15) is 9.59 Å². The summed E-state index contributed by atoms with van der Waals surface area (Å²) in [6.45, 7) is 0. The highest BCUT2D eigenvalue weighted by molar-refractivity contribution is 5.96. The summed E-state index contributed by atoms with van der Waals surface area (Å²) in [4.78, 5) is 27.0. The van der Waals surface area contributed by atoms with Gasteiger partial charge in [-0.25, -0.2) is 0 Å². The van der Waals surface area contributed by atoms with Gasteiger partial charge in [0.1, 0.15) is 0 Å². The molecule has 1 aromatic carbocycles. The molecular formula is C17H15N3O2. The number of nitrogens with one attached hydrogen (secondary N) is 2. The van der Waals surface area contributed by atoms with Crippen LogP contribution in [0.1, 0.15) is 11.1 Å². The van der Waals surface area contributed by atoms with Crippen LogP contribution in [0, 0.1) is 0 Å². The minimum atomic E-state index is -0.426. The molecule has 2 amide bonds. The summed E-state index contributed by atoms with van der Waals surface area (Å²) in [5.41, 5.74) is 6.29. The van der Waals surface area contributed by atoms with E-state index in [-0.39, 0.29) is 0 Å². The van der Waals surface area contributed by atoms with Crippen LogP contribution in [0.3, 0.4) is 0 Å². The molecule has 110 valence electrons. The number of hydrazine groups is 1. The molecule has 2 aromatic rings. The summed E-state index contributed by atoms with van der Waals surface area (Å²) < 4.78 is 0. The van der Waals surface area contributed by atoms with Crippen LogP contribution < -0.4 is 10.9 Å². The first-order valence-corrected chi connectivity index (χ1v) is 6.65. The van der Waals surface area contributed by atoms with E-state index in [0.717, 1.165) is 11.1 Å². The van der Waals surface area contributed by atoms with Crippen LogP contribution in [-0.4, -0.2) is 16.8 Å². The maximum Gasteiger partial charge on any atom is 0.262 e. The van der Waals surface area contributed by atoms with Gasteiger partial charge < -0.3 is 0 Å². The standard InChI is InChI=1S/C17H15N3O2/c21-16(10-8-14-5-2-1-3-6-14)19-20-17(22)11-9-15-7-4-12-18-13-15/h1-13H,(H,19,21)(H,20,22)/b10-8+,11-9+. The predicted molar refractivity (Wildman–Crippen MR) is 85.0 cm³/mol. The van der Waals surface area contributed by atoms with Crippen molar-refractivity contribution in [3.05, 3.63) is 78.1 Å². The molecule has 1 heterocycles. The highest BCUT2D eigenvalue weighted by atomic mass is 16.2. The average Bonchev–Trinajstić information content (AvgIpc) is 2.58. The van der Waals surface area contributed by atoms with E-state index in [2.05, 4.69) is 15.8 Å². The largest absolute Gasteiger partial charge is 0.268 e. The number of carbonyl (C=O) groups is 2. The zero-order chi connectivity index (χ0) is 15.6. The molecule has 0 atom stereocenters. The summed E-state index contributed by atoms with van der Waals surface area (Å²) >= 11 is 0. The van der Waals surface area contributed by atoms with E-state index in [0.29, 0.717) is 0 Å². The Labute approximate surface area is 128 Å². The van der Waals surface area contributed by atoms with Crippen LogP contribution >= 0.6 is 0 Å². The number of hydrogen-bond donors (Lipinski definition) is 2. The normalized spacial score (nSPS) is 10.7. The summed E-state index contributed by atoms with van der Waals surface area (Å²) in [5, 5.41) is 0. The quantitative estimate of drug-likeness (QED) is 0.668. The lowest BCUT2D eigenvalue weighted by Gasteiger charge is -2.01. The monoisotopic (exact) mass is 293 g/mol. The van der Waals surface area contributed by atoms with Crippen molar-refractivity contribution in [2.24, 2.45) is 0 Å². The van der Waals surface area contributed by atoms with Crippen LogP contribution in [0.5, 0.6) is 0 Å². The number of hydrogen-bond acceptors (Lipinski definition) is 3. The molecule has 0 saturated carbocycles. The van der Waals surface area contributed by atoms with Crippen LogP contribution in [0.2, 0.25) is 0 Å². The fourth-order valence-electron chi connectivity index (χ4n) is 1.59. The Kier molecular flexibility index (Phi) is 5.63. The molecule has 0 spiro atoms. The maximum atomic E-state index is 11.5. The van der Waals surface area contributed by atoms with E-state index in [4.69, 9.17) is 0 Å². The van der Waals surface area contributed by atoms with Crippen LogP contribution in [0.15, 0.2) is 67.0 Å². The maximum absolute atomic E-state index is 11.5. The molecule has 0 aliphatic heterocycles. The molecule has 2 rings (SSSR count). The summed E-state index contributed by atoms with van der Waals surface area (Å²) in [6.07, 6.45) is 9.21. The third-order valence-corrected chi connectivity index (χ3v) is 2.65. The van der Waals surface area contributed by atoms with Crippen LogP contribution in [-0.2, 0) is 9.59 Å². The van der Waals surface area contributed by atoms with Gasteiger partial charge in [-0.05, 0) is 29.3 Å². The van der Waals surface area contributed by atoms with Gasteiger partial charge in [0, 0.05) is 24.5 Å². The number of pyridine rings is 1. The number of nitrogens with zero attached hydrogens (tertiary/aromatic N) is 1. The summed E-state index contributed by atoms with van der Waals surface area (Å²) in [5.74, 6) is -0.836. The van der Waals surface area contributed by atoms with Gasteiger partial charge in [0.15, 0.2) is 0 Å². The van der Waals surface area contributed by atoms with Gasteiger partial charge in [0.05, 0.1) is 0 Å².